The third-order valence-electron chi connectivity index (χ3n) is 6.32. The van der Waals surface area contributed by atoms with Gasteiger partial charge in [-0.1, -0.05) is 17.7 Å². The van der Waals surface area contributed by atoms with E-state index >= 15 is 0 Å². The number of anilines is 1. The smallest absolute Gasteiger partial charge is 0.368 e. The van der Waals surface area contributed by atoms with Crippen LogP contribution in [0.5, 0.6) is 0 Å². The lowest BCUT2D eigenvalue weighted by molar-refractivity contribution is -0.137. The van der Waals surface area contributed by atoms with Crippen LogP contribution in [-0.4, -0.2) is 88.7 Å². The van der Waals surface area contributed by atoms with Crippen LogP contribution in [0.2, 0.25) is 0 Å². The average Bonchev–Trinajstić information content (AvgIpc) is 2.80. The summed E-state index contributed by atoms with van der Waals surface area (Å²) < 4.78 is 95.8. The molecule has 0 bridgehead atoms. The van der Waals surface area contributed by atoms with Crippen LogP contribution in [0.4, 0.5) is 18.9 Å². The molecule has 2 saturated heterocycles. The van der Waals surface area contributed by atoms with Crippen LogP contribution < -0.4 is 4.90 Å². The minimum atomic E-state index is -4.50. The van der Waals surface area contributed by atoms with Gasteiger partial charge in [0, 0.05) is 52.0 Å². The highest BCUT2D eigenvalue weighted by atomic mass is 32.2. The second kappa shape index (κ2) is 10.2. The van der Waals surface area contributed by atoms with Crippen molar-refractivity contribution in [1.29, 1.82) is 0 Å². The topological polar surface area (TPSA) is 100 Å². The summed E-state index contributed by atoms with van der Waals surface area (Å²) in [5, 5.41) is -0.618. The van der Waals surface area contributed by atoms with E-state index in [4.69, 9.17) is 4.18 Å². The normalized spacial score (nSPS) is 18.8. The van der Waals surface area contributed by atoms with Gasteiger partial charge in [0.05, 0.1) is 29.0 Å². The summed E-state index contributed by atoms with van der Waals surface area (Å²) in [6.45, 7) is 3.37. The zero-order chi connectivity index (χ0) is 26.1. The molecule has 14 heteroatoms. The van der Waals surface area contributed by atoms with Crippen molar-refractivity contribution >= 4 is 25.8 Å². The molecular formula is C22H27F3N4O5S2. The quantitative estimate of drug-likeness (QED) is 0.462. The largest absolute Gasteiger partial charge is 0.417 e. The van der Waals surface area contributed by atoms with E-state index in [1.165, 1.54) is 22.6 Å². The molecule has 1 aromatic carbocycles. The third-order valence-corrected chi connectivity index (χ3v) is 9.87. The van der Waals surface area contributed by atoms with Crippen LogP contribution in [-0.2, 0) is 30.5 Å². The summed E-state index contributed by atoms with van der Waals surface area (Å²) in [5.41, 5.74) is 0.383. The predicted octanol–water partition coefficient (Wildman–Crippen LogP) is 1.95. The Hall–Kier alpha value is -2.26. The molecule has 2 aliphatic rings. The number of hydrogen-bond donors (Lipinski definition) is 0. The van der Waals surface area contributed by atoms with Gasteiger partial charge < -0.3 is 4.90 Å². The first-order chi connectivity index (χ1) is 16.9. The number of benzene rings is 1. The molecule has 4 rings (SSSR count). The molecule has 3 heterocycles. The van der Waals surface area contributed by atoms with Crippen molar-refractivity contribution in [2.75, 3.05) is 57.3 Å². The Bertz CT molecular complexity index is 1270. The fraction of sp³-hybridized carbons (Fsp3) is 0.500. The Labute approximate surface area is 208 Å². The SMILES string of the molecule is Cc1ccc(S(=O)(=O)OCCN2CC(S(=O)(=O)N3CCN(c4cncc(C(F)(F)F)c4)CC3)C2)cc1. The van der Waals surface area contributed by atoms with E-state index in [-0.39, 0.29) is 57.3 Å². The van der Waals surface area contributed by atoms with Crippen molar-refractivity contribution in [2.24, 2.45) is 0 Å². The van der Waals surface area contributed by atoms with E-state index < -0.39 is 37.1 Å². The summed E-state index contributed by atoms with van der Waals surface area (Å²) in [6.07, 6.45) is -2.40. The number of nitrogens with zero attached hydrogens (tertiary/aromatic N) is 4. The highest BCUT2D eigenvalue weighted by molar-refractivity contribution is 7.89. The van der Waals surface area contributed by atoms with E-state index in [0.29, 0.717) is 5.69 Å². The number of alkyl halides is 3. The van der Waals surface area contributed by atoms with Gasteiger partial charge in [-0.3, -0.25) is 14.1 Å². The van der Waals surface area contributed by atoms with Gasteiger partial charge in [-0.2, -0.15) is 25.9 Å². The minimum absolute atomic E-state index is 0.0669. The van der Waals surface area contributed by atoms with Crippen molar-refractivity contribution in [3.8, 4) is 0 Å². The third kappa shape index (κ3) is 5.99. The van der Waals surface area contributed by atoms with Gasteiger partial charge in [0.25, 0.3) is 10.1 Å². The average molecular weight is 549 g/mol. The molecule has 0 aliphatic carbocycles. The summed E-state index contributed by atoms with van der Waals surface area (Å²) >= 11 is 0. The maximum absolute atomic E-state index is 13.0. The predicted molar refractivity (Wildman–Crippen MR) is 126 cm³/mol. The molecule has 0 N–H and O–H groups in total. The molecule has 2 fully saturated rings. The molecule has 0 amide bonds. The number of halogens is 3. The van der Waals surface area contributed by atoms with Crippen molar-refractivity contribution < 1.29 is 34.2 Å². The number of aryl methyl sites for hydroxylation is 1. The number of piperazine rings is 1. The first-order valence-electron chi connectivity index (χ1n) is 11.3. The summed E-state index contributed by atoms with van der Waals surface area (Å²) in [7, 11) is -7.47. The molecule has 0 spiro atoms. The Kier molecular flexibility index (Phi) is 7.62. The summed E-state index contributed by atoms with van der Waals surface area (Å²) in [5.74, 6) is 0. The van der Waals surface area contributed by atoms with Crippen LogP contribution >= 0.6 is 0 Å². The maximum atomic E-state index is 13.0. The number of sulfonamides is 1. The second-order valence-corrected chi connectivity index (χ2v) is 12.7. The molecule has 2 aromatic rings. The van der Waals surface area contributed by atoms with E-state index in [0.717, 1.165) is 17.8 Å². The summed E-state index contributed by atoms with van der Waals surface area (Å²) in [6, 6.07) is 7.32. The molecule has 0 saturated carbocycles. The van der Waals surface area contributed by atoms with Gasteiger partial charge in [-0.05, 0) is 25.1 Å². The molecule has 2 aliphatic heterocycles. The second-order valence-electron chi connectivity index (χ2n) is 8.83. The van der Waals surface area contributed by atoms with E-state index in [1.807, 2.05) is 6.92 Å². The standard InChI is InChI=1S/C22H27F3N4O5S2/c1-17-2-4-20(5-3-17)36(32,33)34-11-10-27-15-21(16-27)35(30,31)29-8-6-28(7-9-29)19-12-18(13-26-14-19)22(23,24)25/h2-5,12-14,21H,6-11,15-16H2,1H3. The molecule has 36 heavy (non-hydrogen) atoms. The monoisotopic (exact) mass is 548 g/mol. The Morgan fingerprint density at radius 2 is 1.64 bits per heavy atom. The molecule has 0 radical (unpaired) electrons. The van der Waals surface area contributed by atoms with Gasteiger partial charge >= 0.3 is 6.18 Å². The fourth-order valence-electron chi connectivity index (χ4n) is 4.11. The van der Waals surface area contributed by atoms with Crippen LogP contribution in [0.3, 0.4) is 0 Å². The van der Waals surface area contributed by atoms with Gasteiger partial charge in [0.15, 0.2) is 0 Å². The van der Waals surface area contributed by atoms with Gasteiger partial charge in [-0.15, -0.1) is 0 Å². The lowest BCUT2D eigenvalue weighted by Crippen LogP contribution is -2.61. The van der Waals surface area contributed by atoms with Gasteiger partial charge in [0.2, 0.25) is 10.0 Å². The number of pyridine rings is 1. The van der Waals surface area contributed by atoms with E-state index in [9.17, 15) is 30.0 Å². The lowest BCUT2D eigenvalue weighted by Gasteiger charge is -2.43. The molecule has 1 aromatic heterocycles. The summed E-state index contributed by atoms with van der Waals surface area (Å²) in [4.78, 5) is 7.22. The first kappa shape index (κ1) is 26.8. The molecule has 0 unspecified atom stereocenters. The molecular weight excluding hydrogens is 521 g/mol. The lowest BCUT2D eigenvalue weighted by atomic mass is 10.2. The minimum Gasteiger partial charge on any atom is -0.368 e. The van der Waals surface area contributed by atoms with Crippen molar-refractivity contribution in [3.05, 3.63) is 53.9 Å². The number of aromatic nitrogens is 1. The van der Waals surface area contributed by atoms with Crippen LogP contribution in [0.1, 0.15) is 11.1 Å². The number of hydrogen-bond acceptors (Lipinski definition) is 8. The number of likely N-dealkylation sites (tertiary alicyclic amines) is 1. The first-order valence-corrected chi connectivity index (χ1v) is 14.2. The van der Waals surface area contributed by atoms with Crippen LogP contribution in [0.15, 0.2) is 47.6 Å². The van der Waals surface area contributed by atoms with Crippen molar-refractivity contribution in [3.63, 3.8) is 0 Å². The van der Waals surface area contributed by atoms with Crippen LogP contribution in [0, 0.1) is 6.92 Å². The highest BCUT2D eigenvalue weighted by Gasteiger charge is 2.41. The number of rotatable bonds is 8. The van der Waals surface area contributed by atoms with Crippen LogP contribution in [0.25, 0.3) is 0 Å². The van der Waals surface area contributed by atoms with E-state index in [2.05, 4.69) is 4.98 Å². The van der Waals surface area contributed by atoms with Crippen molar-refractivity contribution in [1.82, 2.24) is 14.2 Å². The highest BCUT2D eigenvalue weighted by Crippen LogP contribution is 2.31. The Balaban J connectivity index is 1.23. The Morgan fingerprint density at radius 1 is 1.00 bits per heavy atom. The van der Waals surface area contributed by atoms with Crippen molar-refractivity contribution in [2.45, 2.75) is 23.2 Å². The molecule has 0 atom stereocenters. The molecule has 198 valence electrons. The Morgan fingerprint density at radius 3 is 2.25 bits per heavy atom. The van der Waals surface area contributed by atoms with E-state index in [1.54, 1.807) is 21.9 Å². The van der Waals surface area contributed by atoms with Gasteiger partial charge in [0.1, 0.15) is 5.25 Å². The van der Waals surface area contributed by atoms with Gasteiger partial charge in [-0.25, -0.2) is 8.42 Å². The zero-order valence-corrected chi connectivity index (χ0v) is 21.2. The maximum Gasteiger partial charge on any atom is 0.417 e. The fourth-order valence-corrected chi connectivity index (χ4v) is 6.90. The zero-order valence-electron chi connectivity index (χ0n) is 19.6. The molecule has 9 nitrogen and oxygen atoms in total.